The number of para-hydroxylation sites is 1. The smallest absolute Gasteiger partial charge is 0.263 e. The van der Waals surface area contributed by atoms with E-state index in [-0.39, 0.29) is 17.2 Å². The van der Waals surface area contributed by atoms with Crippen LogP contribution >= 0.6 is 0 Å². The van der Waals surface area contributed by atoms with Crippen molar-refractivity contribution in [2.75, 3.05) is 17.2 Å². The highest BCUT2D eigenvalue weighted by molar-refractivity contribution is 6.04. The fourth-order valence-electron chi connectivity index (χ4n) is 3.50. The number of carbonyl (C=O) groups excluding carboxylic acids is 1. The Balaban J connectivity index is 1.47. The zero-order chi connectivity index (χ0) is 20.9. The number of pyridine rings is 2. The Labute approximate surface area is 174 Å². The van der Waals surface area contributed by atoms with Crippen molar-refractivity contribution in [2.45, 2.75) is 32.4 Å². The molecule has 3 aromatic rings. The van der Waals surface area contributed by atoms with Gasteiger partial charge >= 0.3 is 0 Å². The van der Waals surface area contributed by atoms with E-state index in [1.54, 1.807) is 42.1 Å². The van der Waals surface area contributed by atoms with Crippen molar-refractivity contribution >= 4 is 23.1 Å². The number of rotatable bonds is 6. The summed E-state index contributed by atoms with van der Waals surface area (Å²) in [5, 5.41) is 5.97. The summed E-state index contributed by atoms with van der Waals surface area (Å²) in [5.41, 5.74) is 1.91. The molecule has 1 amide bonds. The number of nitrogens with zero attached hydrogens (tertiary/aromatic N) is 2. The van der Waals surface area contributed by atoms with Crippen LogP contribution in [0.15, 0.2) is 65.7 Å². The maximum absolute atomic E-state index is 12.9. The van der Waals surface area contributed by atoms with Crippen molar-refractivity contribution in [3.63, 3.8) is 0 Å². The van der Waals surface area contributed by atoms with E-state index < -0.39 is 5.91 Å². The van der Waals surface area contributed by atoms with E-state index in [9.17, 15) is 9.59 Å². The molecule has 0 saturated carbocycles. The summed E-state index contributed by atoms with van der Waals surface area (Å²) in [5.74, 6) is 0.221. The molecule has 7 heteroatoms. The Bertz CT molecular complexity index is 1070. The topological polar surface area (TPSA) is 85.2 Å². The van der Waals surface area contributed by atoms with E-state index in [2.05, 4.69) is 15.6 Å². The van der Waals surface area contributed by atoms with E-state index in [0.29, 0.717) is 23.6 Å². The average molecular weight is 404 g/mol. The number of hydrogen-bond acceptors (Lipinski definition) is 5. The molecular weight excluding hydrogens is 380 g/mol. The molecule has 1 atom stereocenters. The second kappa shape index (κ2) is 8.92. The predicted octanol–water partition coefficient (Wildman–Crippen LogP) is 3.73. The van der Waals surface area contributed by atoms with Crippen LogP contribution in [0.4, 0.5) is 17.2 Å². The Morgan fingerprint density at radius 2 is 2.00 bits per heavy atom. The second-order valence-corrected chi connectivity index (χ2v) is 7.34. The number of aromatic nitrogens is 2. The predicted molar refractivity (Wildman–Crippen MR) is 116 cm³/mol. The van der Waals surface area contributed by atoms with E-state index in [4.69, 9.17) is 4.74 Å². The van der Waals surface area contributed by atoms with Gasteiger partial charge in [-0.05, 0) is 55.7 Å². The summed E-state index contributed by atoms with van der Waals surface area (Å²) in [4.78, 5) is 30.0. The van der Waals surface area contributed by atoms with Crippen LogP contribution in [-0.4, -0.2) is 28.2 Å². The lowest BCUT2D eigenvalue weighted by atomic mass is 10.1. The van der Waals surface area contributed by atoms with E-state index in [1.807, 2.05) is 30.3 Å². The highest BCUT2D eigenvalue weighted by Crippen LogP contribution is 2.17. The highest BCUT2D eigenvalue weighted by Gasteiger charge is 2.20. The molecule has 1 aliphatic rings. The minimum Gasteiger partial charge on any atom is -0.376 e. The van der Waals surface area contributed by atoms with Crippen LogP contribution < -0.4 is 16.2 Å². The third-order valence-corrected chi connectivity index (χ3v) is 5.09. The maximum atomic E-state index is 12.9. The SMILES string of the molecule is Cc1ccn(CC2CCCO2)c(=O)c1C(=O)Nc1ccc(Nc2ccccc2)nc1. The van der Waals surface area contributed by atoms with Crippen LogP contribution in [0.3, 0.4) is 0 Å². The number of benzene rings is 1. The normalized spacial score (nSPS) is 15.7. The quantitative estimate of drug-likeness (QED) is 0.654. The third kappa shape index (κ3) is 4.58. The first-order valence-electron chi connectivity index (χ1n) is 10.0. The maximum Gasteiger partial charge on any atom is 0.263 e. The molecule has 0 aliphatic carbocycles. The van der Waals surface area contributed by atoms with Crippen LogP contribution in [0.25, 0.3) is 0 Å². The lowest BCUT2D eigenvalue weighted by molar-refractivity contribution is 0.0952. The largest absolute Gasteiger partial charge is 0.376 e. The molecule has 154 valence electrons. The van der Waals surface area contributed by atoms with E-state index in [0.717, 1.165) is 25.1 Å². The molecule has 0 spiro atoms. The first-order chi connectivity index (χ1) is 14.6. The second-order valence-electron chi connectivity index (χ2n) is 7.34. The van der Waals surface area contributed by atoms with Gasteiger partial charge in [0.25, 0.3) is 11.5 Å². The van der Waals surface area contributed by atoms with Crippen molar-refractivity contribution in [1.82, 2.24) is 9.55 Å². The number of aryl methyl sites for hydroxylation is 1. The summed E-state index contributed by atoms with van der Waals surface area (Å²) < 4.78 is 7.18. The van der Waals surface area contributed by atoms with Crippen LogP contribution in [0.5, 0.6) is 0 Å². The standard InChI is InChI=1S/C23H24N4O3/c1-16-11-12-27(15-19-8-5-13-30-19)23(29)21(16)22(28)26-18-9-10-20(24-14-18)25-17-6-3-2-4-7-17/h2-4,6-7,9-12,14,19H,5,8,13,15H2,1H3,(H,24,25)(H,26,28). The van der Waals surface area contributed by atoms with Gasteiger partial charge in [0.1, 0.15) is 11.4 Å². The summed E-state index contributed by atoms with van der Waals surface area (Å²) in [6.45, 7) is 2.94. The van der Waals surface area contributed by atoms with Crippen LogP contribution in [-0.2, 0) is 11.3 Å². The Kier molecular flexibility index (Phi) is 5.90. The van der Waals surface area contributed by atoms with Gasteiger partial charge in [-0.2, -0.15) is 0 Å². The summed E-state index contributed by atoms with van der Waals surface area (Å²) >= 11 is 0. The Morgan fingerprint density at radius 1 is 1.17 bits per heavy atom. The first-order valence-corrected chi connectivity index (χ1v) is 10.0. The van der Waals surface area contributed by atoms with Gasteiger partial charge in [-0.25, -0.2) is 4.98 Å². The molecule has 1 saturated heterocycles. The van der Waals surface area contributed by atoms with Crippen molar-refractivity contribution in [3.8, 4) is 0 Å². The molecule has 2 N–H and O–H groups in total. The fourth-order valence-corrected chi connectivity index (χ4v) is 3.50. The molecule has 2 aromatic heterocycles. The molecule has 4 rings (SSSR count). The number of anilines is 3. The molecule has 0 bridgehead atoms. The fraction of sp³-hybridized carbons (Fsp3) is 0.261. The molecule has 0 radical (unpaired) electrons. The molecule has 7 nitrogen and oxygen atoms in total. The van der Waals surface area contributed by atoms with Crippen molar-refractivity contribution in [2.24, 2.45) is 0 Å². The Hall–Kier alpha value is -3.45. The average Bonchev–Trinajstić information content (AvgIpc) is 3.26. The third-order valence-electron chi connectivity index (χ3n) is 5.09. The minimum absolute atomic E-state index is 0.0233. The molecule has 1 fully saturated rings. The number of hydrogen-bond donors (Lipinski definition) is 2. The highest BCUT2D eigenvalue weighted by atomic mass is 16.5. The van der Waals surface area contributed by atoms with Crippen molar-refractivity contribution in [1.29, 1.82) is 0 Å². The van der Waals surface area contributed by atoms with Gasteiger partial charge in [0, 0.05) is 18.5 Å². The number of amides is 1. The van der Waals surface area contributed by atoms with E-state index >= 15 is 0 Å². The zero-order valence-electron chi connectivity index (χ0n) is 16.8. The molecule has 1 unspecified atom stereocenters. The molecule has 30 heavy (non-hydrogen) atoms. The lowest BCUT2D eigenvalue weighted by Crippen LogP contribution is -2.32. The van der Waals surface area contributed by atoms with Crippen LogP contribution in [0.2, 0.25) is 0 Å². The molecule has 3 heterocycles. The van der Waals surface area contributed by atoms with Crippen molar-refractivity contribution in [3.05, 3.63) is 82.4 Å². The van der Waals surface area contributed by atoms with Crippen LogP contribution in [0, 0.1) is 6.92 Å². The van der Waals surface area contributed by atoms with Gasteiger partial charge in [-0.15, -0.1) is 0 Å². The van der Waals surface area contributed by atoms with Crippen molar-refractivity contribution < 1.29 is 9.53 Å². The zero-order valence-corrected chi connectivity index (χ0v) is 16.8. The van der Waals surface area contributed by atoms with Gasteiger partial charge in [-0.3, -0.25) is 9.59 Å². The van der Waals surface area contributed by atoms with Gasteiger partial charge in [0.05, 0.1) is 24.5 Å². The van der Waals surface area contributed by atoms with Gasteiger partial charge in [0.2, 0.25) is 0 Å². The van der Waals surface area contributed by atoms with Gasteiger partial charge in [-0.1, -0.05) is 18.2 Å². The molecular formula is C23H24N4O3. The lowest BCUT2D eigenvalue weighted by Gasteiger charge is -2.14. The summed E-state index contributed by atoms with van der Waals surface area (Å²) in [7, 11) is 0. The van der Waals surface area contributed by atoms with E-state index in [1.165, 1.54) is 0 Å². The number of ether oxygens (including phenoxy) is 1. The minimum atomic E-state index is -0.440. The summed E-state index contributed by atoms with van der Waals surface area (Å²) in [6, 6.07) is 15.0. The van der Waals surface area contributed by atoms with Gasteiger partial charge < -0.3 is 19.9 Å². The Morgan fingerprint density at radius 3 is 2.70 bits per heavy atom. The number of nitrogens with one attached hydrogen (secondary N) is 2. The molecule has 1 aromatic carbocycles. The van der Waals surface area contributed by atoms with Gasteiger partial charge in [0.15, 0.2) is 0 Å². The van der Waals surface area contributed by atoms with Crippen LogP contribution in [0.1, 0.15) is 28.8 Å². The number of carbonyl (C=O) groups is 1. The monoisotopic (exact) mass is 404 g/mol. The summed E-state index contributed by atoms with van der Waals surface area (Å²) in [6.07, 6.45) is 5.24. The molecule has 1 aliphatic heterocycles. The first kappa shape index (κ1) is 19.8.